The van der Waals surface area contributed by atoms with Crippen LogP contribution in [0.5, 0.6) is 0 Å². The van der Waals surface area contributed by atoms with Gasteiger partial charge in [-0.1, -0.05) is 363 Å². The molecule has 3 N–H and O–H groups in total. The summed E-state index contributed by atoms with van der Waals surface area (Å²) in [6.45, 7) is 9.58. The van der Waals surface area contributed by atoms with Crippen LogP contribution < -0.4 is 0 Å². The van der Waals surface area contributed by atoms with Crippen molar-refractivity contribution in [1.29, 1.82) is 0 Å². The summed E-state index contributed by atoms with van der Waals surface area (Å²) in [6.07, 6.45) is 59.9. The SMILES string of the molecule is CCCCCCCCCCCCCCCCCCCCCCC(=O)O[C@H](COC(=O)CCCCCCCCCCCCCCCCCCC(C)C)COP(=O)(O)OC[C@@H](O)COP(=O)(O)OC[C@@H](COC(=O)CCCCCCCCCC)OC(=O)CCCCCCCCCCC(C)C. The molecule has 17 nitrogen and oxygen atoms in total. The summed E-state index contributed by atoms with van der Waals surface area (Å²) in [5, 5.41) is 10.6. The number of hydrogen-bond donors (Lipinski definition) is 3. The zero-order valence-electron chi connectivity index (χ0n) is 64.1. The lowest BCUT2D eigenvalue weighted by molar-refractivity contribution is -0.161. The second-order valence-electron chi connectivity index (χ2n) is 29.4. The molecule has 0 saturated heterocycles. The monoisotopic (exact) mass is 1440 g/mol. The first-order valence-electron chi connectivity index (χ1n) is 41.0. The fourth-order valence-corrected chi connectivity index (χ4v) is 13.8. The predicted octanol–water partition coefficient (Wildman–Crippen LogP) is 23.5. The van der Waals surface area contributed by atoms with E-state index >= 15 is 0 Å². The summed E-state index contributed by atoms with van der Waals surface area (Å²) in [5.74, 6) is -0.586. The zero-order chi connectivity index (χ0) is 72.1. The van der Waals surface area contributed by atoms with Crippen LogP contribution in [0.25, 0.3) is 0 Å². The van der Waals surface area contributed by atoms with Gasteiger partial charge in [-0.05, 0) is 37.5 Å². The van der Waals surface area contributed by atoms with Crippen LogP contribution in [0, 0.1) is 11.8 Å². The van der Waals surface area contributed by atoms with Crippen LogP contribution in [-0.4, -0.2) is 96.7 Å². The first kappa shape index (κ1) is 96.1. The third kappa shape index (κ3) is 72.4. The number of carbonyl (C=O) groups excluding carboxylic acids is 4. The van der Waals surface area contributed by atoms with Crippen molar-refractivity contribution in [2.45, 2.75) is 432 Å². The molecule has 0 radical (unpaired) electrons. The van der Waals surface area contributed by atoms with E-state index < -0.39 is 97.5 Å². The van der Waals surface area contributed by atoms with Crippen LogP contribution >= 0.6 is 15.6 Å². The van der Waals surface area contributed by atoms with Crippen LogP contribution in [0.4, 0.5) is 0 Å². The second-order valence-corrected chi connectivity index (χ2v) is 32.3. The molecule has 582 valence electrons. The number of phosphoric ester groups is 2. The fraction of sp³-hybridized carbons (Fsp3) is 0.949. The van der Waals surface area contributed by atoms with Gasteiger partial charge in [0.2, 0.25) is 0 Å². The molecule has 0 heterocycles. The molecule has 0 aromatic heterocycles. The number of ether oxygens (including phenoxy) is 4. The van der Waals surface area contributed by atoms with Crippen molar-refractivity contribution >= 4 is 39.5 Å². The molecule has 0 aliphatic heterocycles. The lowest BCUT2D eigenvalue weighted by Gasteiger charge is -2.21. The van der Waals surface area contributed by atoms with Crippen molar-refractivity contribution in [2.75, 3.05) is 39.6 Å². The molecule has 0 amide bonds. The average molecular weight is 1440 g/mol. The molecule has 0 bridgehead atoms. The highest BCUT2D eigenvalue weighted by Crippen LogP contribution is 2.45. The molecule has 0 aliphatic carbocycles. The topological polar surface area (TPSA) is 237 Å². The largest absolute Gasteiger partial charge is 0.472 e. The van der Waals surface area contributed by atoms with E-state index in [9.17, 15) is 43.2 Å². The minimum absolute atomic E-state index is 0.105. The Morgan fingerprint density at radius 3 is 0.694 bits per heavy atom. The second kappa shape index (κ2) is 70.7. The smallest absolute Gasteiger partial charge is 0.462 e. The Balaban J connectivity index is 5.18. The van der Waals surface area contributed by atoms with Crippen molar-refractivity contribution in [3.8, 4) is 0 Å². The van der Waals surface area contributed by atoms with Gasteiger partial charge >= 0.3 is 39.5 Å². The van der Waals surface area contributed by atoms with Crippen molar-refractivity contribution in [3.05, 3.63) is 0 Å². The number of unbranched alkanes of at least 4 members (excludes halogenated alkanes) is 48. The van der Waals surface area contributed by atoms with Gasteiger partial charge in [-0.2, -0.15) is 0 Å². The molecule has 0 spiro atoms. The van der Waals surface area contributed by atoms with Crippen molar-refractivity contribution < 1.29 is 80.2 Å². The predicted molar refractivity (Wildman–Crippen MR) is 400 cm³/mol. The molecule has 0 aromatic rings. The summed E-state index contributed by atoms with van der Waals surface area (Å²) in [6, 6.07) is 0. The van der Waals surface area contributed by atoms with Gasteiger partial charge in [-0.25, -0.2) is 9.13 Å². The highest BCUT2D eigenvalue weighted by atomic mass is 31.2. The number of carbonyl (C=O) groups is 4. The number of aliphatic hydroxyl groups is 1. The normalized spacial score (nSPS) is 13.9. The van der Waals surface area contributed by atoms with Crippen LogP contribution in [0.2, 0.25) is 0 Å². The Morgan fingerprint density at radius 1 is 0.276 bits per heavy atom. The first-order chi connectivity index (χ1) is 47.4. The third-order valence-electron chi connectivity index (χ3n) is 18.5. The van der Waals surface area contributed by atoms with E-state index in [-0.39, 0.29) is 25.7 Å². The highest BCUT2D eigenvalue weighted by molar-refractivity contribution is 7.47. The molecular formula is C79H154O17P2. The van der Waals surface area contributed by atoms with Gasteiger partial charge in [0.1, 0.15) is 19.3 Å². The Morgan fingerprint density at radius 2 is 0.469 bits per heavy atom. The lowest BCUT2D eigenvalue weighted by atomic mass is 10.0. The molecule has 0 saturated carbocycles. The van der Waals surface area contributed by atoms with E-state index in [4.69, 9.17) is 37.0 Å². The standard InChI is InChI=1S/C79H154O17P2/c1-7-9-11-13-15-17-18-19-20-21-22-23-24-29-32-35-38-45-51-57-63-78(83)95-75(68-90-77(82)62-56-50-44-37-34-31-28-26-25-27-30-33-36-41-47-53-59-71(3)4)70-94-98(87,88)92-66-73(80)65-91-97(85,86)93-69-74(67-89-76(81)61-55-49-43-16-14-12-10-8-2)96-79(84)64-58-52-46-40-39-42-48-54-60-72(5)6/h71-75,80H,7-70H2,1-6H3,(H,85,86)(H,87,88)/t73-,74+,75+/m0/s1. The van der Waals surface area contributed by atoms with E-state index in [1.165, 1.54) is 225 Å². The van der Waals surface area contributed by atoms with E-state index in [1.54, 1.807) is 0 Å². The highest BCUT2D eigenvalue weighted by Gasteiger charge is 2.30. The lowest BCUT2D eigenvalue weighted by Crippen LogP contribution is -2.30. The maximum atomic E-state index is 13.1. The van der Waals surface area contributed by atoms with Crippen LogP contribution in [0.3, 0.4) is 0 Å². The minimum Gasteiger partial charge on any atom is -0.462 e. The van der Waals surface area contributed by atoms with Crippen molar-refractivity contribution in [3.63, 3.8) is 0 Å². The molecule has 0 aliphatic rings. The van der Waals surface area contributed by atoms with Crippen LogP contribution in [0.1, 0.15) is 414 Å². The van der Waals surface area contributed by atoms with Gasteiger partial charge in [-0.15, -0.1) is 0 Å². The molecular weight excluding hydrogens is 1280 g/mol. The molecule has 0 aromatic carbocycles. The van der Waals surface area contributed by atoms with Gasteiger partial charge in [0.15, 0.2) is 12.2 Å². The molecule has 0 rings (SSSR count). The summed E-state index contributed by atoms with van der Waals surface area (Å²) in [7, 11) is -9.91. The summed E-state index contributed by atoms with van der Waals surface area (Å²) >= 11 is 0. The van der Waals surface area contributed by atoms with Gasteiger partial charge in [0.05, 0.1) is 26.4 Å². The molecule has 2 unspecified atom stereocenters. The van der Waals surface area contributed by atoms with E-state index in [1.807, 2.05) is 0 Å². The molecule has 5 atom stereocenters. The third-order valence-corrected chi connectivity index (χ3v) is 20.4. The van der Waals surface area contributed by atoms with E-state index in [2.05, 4.69) is 41.5 Å². The van der Waals surface area contributed by atoms with Crippen molar-refractivity contribution in [2.24, 2.45) is 11.8 Å². The van der Waals surface area contributed by atoms with E-state index in [0.29, 0.717) is 25.7 Å². The minimum atomic E-state index is -4.96. The Kier molecular flexibility index (Phi) is 69.3. The Hall–Kier alpha value is -1.94. The summed E-state index contributed by atoms with van der Waals surface area (Å²) < 4.78 is 68.5. The maximum absolute atomic E-state index is 13.1. The van der Waals surface area contributed by atoms with E-state index in [0.717, 1.165) is 108 Å². The Bertz CT molecular complexity index is 1890. The number of rotatable bonds is 78. The van der Waals surface area contributed by atoms with Crippen molar-refractivity contribution in [1.82, 2.24) is 0 Å². The summed E-state index contributed by atoms with van der Waals surface area (Å²) in [5.41, 5.74) is 0. The zero-order valence-corrected chi connectivity index (χ0v) is 65.9. The molecule has 0 fully saturated rings. The van der Waals surface area contributed by atoms with Gasteiger partial charge in [0, 0.05) is 25.7 Å². The number of phosphoric acid groups is 2. The molecule has 19 heteroatoms. The fourth-order valence-electron chi connectivity index (χ4n) is 12.2. The average Bonchev–Trinajstić information content (AvgIpc) is 1.32. The summed E-state index contributed by atoms with van der Waals surface area (Å²) in [4.78, 5) is 72.8. The Labute approximate surface area is 600 Å². The van der Waals surface area contributed by atoms with Gasteiger partial charge < -0.3 is 33.8 Å². The maximum Gasteiger partial charge on any atom is 0.472 e. The quantitative estimate of drug-likeness (QED) is 0.0222. The number of esters is 4. The number of aliphatic hydroxyl groups excluding tert-OH is 1. The number of hydrogen-bond acceptors (Lipinski definition) is 15. The van der Waals surface area contributed by atoms with Gasteiger partial charge in [-0.3, -0.25) is 37.3 Å². The first-order valence-corrected chi connectivity index (χ1v) is 44.0. The van der Waals surface area contributed by atoms with Crippen LogP contribution in [-0.2, 0) is 65.4 Å². The van der Waals surface area contributed by atoms with Gasteiger partial charge in [0.25, 0.3) is 0 Å². The molecule has 98 heavy (non-hydrogen) atoms. The van der Waals surface area contributed by atoms with Crippen LogP contribution in [0.15, 0.2) is 0 Å².